The molecular formula is C20H27NO3. The Labute approximate surface area is 144 Å². The van der Waals surface area contributed by atoms with Crippen LogP contribution in [0.4, 0.5) is 0 Å². The summed E-state index contributed by atoms with van der Waals surface area (Å²) in [6.45, 7) is 2.96. The molecule has 24 heavy (non-hydrogen) atoms. The molecule has 1 aromatic carbocycles. The predicted octanol–water partition coefficient (Wildman–Crippen LogP) is 3.52. The van der Waals surface area contributed by atoms with Crippen LogP contribution in [0, 0.1) is 5.92 Å². The van der Waals surface area contributed by atoms with Crippen molar-refractivity contribution in [3.63, 3.8) is 0 Å². The van der Waals surface area contributed by atoms with Gasteiger partial charge in [0.25, 0.3) is 0 Å². The summed E-state index contributed by atoms with van der Waals surface area (Å²) in [5.74, 6) is 0.975. The van der Waals surface area contributed by atoms with Gasteiger partial charge in [0.15, 0.2) is 0 Å². The molecule has 2 atom stereocenters. The number of hydrogen-bond donors (Lipinski definition) is 0. The third kappa shape index (κ3) is 4.18. The third-order valence-electron chi connectivity index (χ3n) is 5.21. The minimum atomic E-state index is -0.270. The molecule has 2 aliphatic rings. The Morgan fingerprint density at radius 3 is 2.92 bits per heavy atom. The molecule has 0 unspecified atom stereocenters. The van der Waals surface area contributed by atoms with E-state index < -0.39 is 0 Å². The number of ether oxygens (including phenoxy) is 2. The fourth-order valence-corrected chi connectivity index (χ4v) is 3.97. The summed E-state index contributed by atoms with van der Waals surface area (Å²) in [6, 6.07) is 8.24. The zero-order valence-corrected chi connectivity index (χ0v) is 14.4. The van der Waals surface area contributed by atoms with Crippen LogP contribution in [-0.2, 0) is 9.53 Å². The lowest BCUT2D eigenvalue weighted by molar-refractivity contribution is -0.140. The second kappa shape index (κ2) is 8.34. The number of benzene rings is 1. The number of methoxy groups -OCH3 is 1. The first-order valence-corrected chi connectivity index (χ1v) is 9.00. The van der Waals surface area contributed by atoms with E-state index in [9.17, 15) is 4.79 Å². The van der Waals surface area contributed by atoms with Gasteiger partial charge in [0.1, 0.15) is 5.75 Å². The zero-order chi connectivity index (χ0) is 16.8. The van der Waals surface area contributed by atoms with E-state index >= 15 is 0 Å². The highest BCUT2D eigenvalue weighted by Gasteiger charge is 2.33. The number of hydrogen-bond acceptors (Lipinski definition) is 4. The minimum absolute atomic E-state index is 0.270. The molecule has 0 aromatic heterocycles. The lowest BCUT2D eigenvalue weighted by Crippen LogP contribution is -2.49. The minimum Gasteiger partial charge on any atom is -0.496 e. The van der Waals surface area contributed by atoms with Crippen molar-refractivity contribution in [2.75, 3.05) is 26.8 Å². The lowest BCUT2D eigenvalue weighted by atomic mass is 9.84. The summed E-state index contributed by atoms with van der Waals surface area (Å²) in [7, 11) is 1.63. The first kappa shape index (κ1) is 17.0. The summed E-state index contributed by atoms with van der Waals surface area (Å²) in [5.41, 5.74) is 0.882. The molecule has 4 heteroatoms. The van der Waals surface area contributed by atoms with Crippen LogP contribution in [0.2, 0.25) is 0 Å². The fraction of sp³-hybridized carbons (Fsp3) is 0.550. The standard InChI is InChI=1S/C20H27NO3/c1-23-19-10-3-2-7-16(19)11-12-20(22)24-15-17-8-6-14-21-13-5-4-9-18(17)21/h2-3,7,10-12,17-18H,4-6,8-9,13-15H2,1H3/b12-11+/t17-,18-/m1/s1. The number of para-hydroxylation sites is 1. The van der Waals surface area contributed by atoms with Gasteiger partial charge in [-0.25, -0.2) is 4.79 Å². The van der Waals surface area contributed by atoms with Crippen molar-refractivity contribution in [2.24, 2.45) is 5.92 Å². The molecule has 2 aliphatic heterocycles. The van der Waals surface area contributed by atoms with E-state index in [1.807, 2.05) is 24.3 Å². The highest BCUT2D eigenvalue weighted by molar-refractivity contribution is 5.87. The van der Waals surface area contributed by atoms with Crippen molar-refractivity contribution >= 4 is 12.0 Å². The topological polar surface area (TPSA) is 38.8 Å². The van der Waals surface area contributed by atoms with Gasteiger partial charge in [0.05, 0.1) is 13.7 Å². The van der Waals surface area contributed by atoms with Gasteiger partial charge >= 0.3 is 5.97 Å². The number of piperidine rings is 2. The van der Waals surface area contributed by atoms with E-state index in [0.717, 1.165) is 11.3 Å². The van der Waals surface area contributed by atoms with Crippen LogP contribution in [0.15, 0.2) is 30.3 Å². The van der Waals surface area contributed by atoms with Crippen molar-refractivity contribution in [2.45, 2.75) is 38.1 Å². The molecule has 1 aromatic rings. The van der Waals surface area contributed by atoms with Crippen LogP contribution in [-0.4, -0.2) is 43.7 Å². The van der Waals surface area contributed by atoms with E-state index in [2.05, 4.69) is 4.90 Å². The van der Waals surface area contributed by atoms with Crippen LogP contribution < -0.4 is 4.74 Å². The Kier molecular flexibility index (Phi) is 5.91. The largest absolute Gasteiger partial charge is 0.496 e. The van der Waals surface area contributed by atoms with Gasteiger partial charge in [-0.1, -0.05) is 24.6 Å². The average Bonchev–Trinajstić information content (AvgIpc) is 2.64. The van der Waals surface area contributed by atoms with Crippen LogP contribution in [0.1, 0.15) is 37.7 Å². The molecule has 2 fully saturated rings. The predicted molar refractivity (Wildman–Crippen MR) is 94.9 cm³/mol. The third-order valence-corrected chi connectivity index (χ3v) is 5.21. The molecular weight excluding hydrogens is 302 g/mol. The number of nitrogens with zero attached hydrogens (tertiary/aromatic N) is 1. The maximum Gasteiger partial charge on any atom is 0.330 e. The van der Waals surface area contributed by atoms with Gasteiger partial charge in [-0.15, -0.1) is 0 Å². The number of fused-ring (bicyclic) bond motifs is 1. The Hall–Kier alpha value is -1.81. The Morgan fingerprint density at radius 2 is 2.04 bits per heavy atom. The number of esters is 1. The molecule has 0 aliphatic carbocycles. The van der Waals surface area contributed by atoms with Gasteiger partial charge in [0.2, 0.25) is 0 Å². The van der Waals surface area contributed by atoms with Gasteiger partial charge in [0, 0.05) is 23.6 Å². The monoisotopic (exact) mass is 329 g/mol. The van der Waals surface area contributed by atoms with E-state index in [1.165, 1.54) is 51.3 Å². The maximum atomic E-state index is 12.1. The van der Waals surface area contributed by atoms with E-state index in [1.54, 1.807) is 13.2 Å². The summed E-state index contributed by atoms with van der Waals surface area (Å²) in [4.78, 5) is 14.6. The smallest absolute Gasteiger partial charge is 0.330 e. The summed E-state index contributed by atoms with van der Waals surface area (Å²) in [5, 5.41) is 0. The number of rotatable bonds is 5. The van der Waals surface area contributed by atoms with E-state index in [-0.39, 0.29) is 5.97 Å². The normalized spacial score (nSPS) is 24.5. The molecule has 0 saturated carbocycles. The quantitative estimate of drug-likeness (QED) is 0.612. The molecule has 2 heterocycles. The van der Waals surface area contributed by atoms with Gasteiger partial charge in [-0.2, -0.15) is 0 Å². The molecule has 2 saturated heterocycles. The van der Waals surface area contributed by atoms with E-state index in [0.29, 0.717) is 18.6 Å². The van der Waals surface area contributed by atoms with Crippen molar-refractivity contribution < 1.29 is 14.3 Å². The second-order valence-corrected chi connectivity index (χ2v) is 6.71. The average molecular weight is 329 g/mol. The summed E-state index contributed by atoms with van der Waals surface area (Å²) in [6.07, 6.45) is 9.51. The molecule has 0 bridgehead atoms. The number of carbonyl (C=O) groups excluding carboxylic acids is 1. The highest BCUT2D eigenvalue weighted by Crippen LogP contribution is 2.31. The van der Waals surface area contributed by atoms with Gasteiger partial charge in [-0.05, 0) is 50.9 Å². The van der Waals surface area contributed by atoms with Crippen LogP contribution in [0.3, 0.4) is 0 Å². The Morgan fingerprint density at radius 1 is 1.21 bits per heavy atom. The first-order chi connectivity index (χ1) is 11.8. The molecule has 0 N–H and O–H groups in total. The van der Waals surface area contributed by atoms with Crippen LogP contribution in [0.25, 0.3) is 6.08 Å². The van der Waals surface area contributed by atoms with Crippen molar-refractivity contribution in [1.82, 2.24) is 4.90 Å². The molecule has 130 valence electrons. The van der Waals surface area contributed by atoms with Gasteiger partial charge < -0.3 is 9.47 Å². The lowest BCUT2D eigenvalue weighted by Gasteiger charge is -2.44. The van der Waals surface area contributed by atoms with Crippen molar-refractivity contribution in [3.8, 4) is 5.75 Å². The maximum absolute atomic E-state index is 12.1. The van der Waals surface area contributed by atoms with Gasteiger partial charge in [-0.3, -0.25) is 4.90 Å². The second-order valence-electron chi connectivity index (χ2n) is 6.71. The van der Waals surface area contributed by atoms with Crippen molar-refractivity contribution in [3.05, 3.63) is 35.9 Å². The van der Waals surface area contributed by atoms with Crippen LogP contribution >= 0.6 is 0 Å². The summed E-state index contributed by atoms with van der Waals surface area (Å²) < 4.78 is 10.8. The van der Waals surface area contributed by atoms with Crippen molar-refractivity contribution in [1.29, 1.82) is 0 Å². The Balaban J connectivity index is 1.52. The Bertz CT molecular complexity index is 582. The highest BCUT2D eigenvalue weighted by atomic mass is 16.5. The molecule has 0 radical (unpaired) electrons. The molecule has 0 amide bonds. The molecule has 3 rings (SSSR count). The first-order valence-electron chi connectivity index (χ1n) is 9.00. The zero-order valence-electron chi connectivity index (χ0n) is 14.4. The molecule has 4 nitrogen and oxygen atoms in total. The fourth-order valence-electron chi connectivity index (χ4n) is 3.97. The molecule has 0 spiro atoms. The van der Waals surface area contributed by atoms with Crippen LogP contribution in [0.5, 0.6) is 5.75 Å². The number of carbonyl (C=O) groups is 1. The SMILES string of the molecule is COc1ccccc1/C=C/C(=O)OC[C@H]1CCCN2CCCC[C@H]12. The van der Waals surface area contributed by atoms with E-state index in [4.69, 9.17) is 9.47 Å². The summed E-state index contributed by atoms with van der Waals surface area (Å²) >= 11 is 0.